The van der Waals surface area contributed by atoms with Crippen molar-refractivity contribution in [1.29, 1.82) is 0 Å². The van der Waals surface area contributed by atoms with Gasteiger partial charge in [0.2, 0.25) is 16.6 Å². The number of nitrogens with zero attached hydrogens (tertiary/aromatic N) is 2. The molecule has 0 amide bonds. The fourth-order valence-corrected chi connectivity index (χ4v) is 14.4. The maximum atomic E-state index is 6.70. The molecular weight excluding hydrogens is 517 g/mol. The number of rotatable bonds is 14. The fraction of sp³-hybridized carbons (Fsp3) is 1.00. The summed E-state index contributed by atoms with van der Waals surface area (Å²) in [5, 5.41) is 0. The third kappa shape index (κ3) is 10.3. The quantitative estimate of drug-likeness (QED) is 0.205. The van der Waals surface area contributed by atoms with Crippen LogP contribution in [0.3, 0.4) is 0 Å². The molecule has 0 aromatic carbocycles. The van der Waals surface area contributed by atoms with Crippen LogP contribution >= 0.6 is 0 Å². The van der Waals surface area contributed by atoms with Crippen molar-refractivity contribution < 1.29 is 18.3 Å². The summed E-state index contributed by atoms with van der Waals surface area (Å²) in [7, 11) is -0.604. The molecule has 2 aliphatic rings. The Bertz CT molecular complexity index is 641. The normalized spacial score (nSPS) is 27.9. The van der Waals surface area contributed by atoms with Gasteiger partial charge in [0.05, 0.1) is 41.5 Å². The highest BCUT2D eigenvalue weighted by molar-refractivity contribution is 6.72. The van der Waals surface area contributed by atoms with Gasteiger partial charge in [0.15, 0.2) is 0 Å². The van der Waals surface area contributed by atoms with Gasteiger partial charge in [0.1, 0.15) is 0 Å². The molecule has 0 spiro atoms. The summed E-state index contributed by atoms with van der Waals surface area (Å²) < 4.78 is 25.1. The summed E-state index contributed by atoms with van der Waals surface area (Å²) in [5.41, 5.74) is 0. The van der Waals surface area contributed by atoms with E-state index in [0.29, 0.717) is 29.8 Å². The molecule has 2 aliphatic heterocycles. The second-order valence-corrected chi connectivity index (χ2v) is 26.5. The van der Waals surface area contributed by atoms with Crippen LogP contribution in [0.1, 0.15) is 45.4 Å². The third-order valence-electron chi connectivity index (χ3n) is 7.64. The molecule has 2 fully saturated rings. The molecule has 6 nitrogen and oxygen atoms in total. The van der Waals surface area contributed by atoms with Crippen LogP contribution in [-0.4, -0.2) is 108 Å². The first-order chi connectivity index (χ1) is 16.8. The molecule has 0 saturated carbocycles. The molecule has 2 rings (SSSR count). The Morgan fingerprint density at radius 3 is 1.81 bits per heavy atom. The molecule has 2 radical (unpaired) electrons. The van der Waals surface area contributed by atoms with E-state index in [1.54, 1.807) is 0 Å². The van der Waals surface area contributed by atoms with Crippen molar-refractivity contribution in [2.45, 2.75) is 122 Å². The summed E-state index contributed by atoms with van der Waals surface area (Å²) in [5.74, 6) is 1.21. The first-order valence-electron chi connectivity index (χ1n) is 14.3. The van der Waals surface area contributed by atoms with Gasteiger partial charge in [-0.15, -0.1) is 0 Å². The van der Waals surface area contributed by atoms with Crippen LogP contribution in [0.5, 0.6) is 0 Å². The smallest absolute Gasteiger partial charge is 0.201 e. The highest BCUT2D eigenvalue weighted by Gasteiger charge is 2.41. The summed E-state index contributed by atoms with van der Waals surface area (Å²) in [6, 6.07) is 0. The molecule has 0 aliphatic carbocycles. The van der Waals surface area contributed by atoms with E-state index in [-0.39, 0.29) is 0 Å². The van der Waals surface area contributed by atoms with E-state index >= 15 is 0 Å². The fourth-order valence-electron chi connectivity index (χ4n) is 6.29. The second kappa shape index (κ2) is 14.9. The highest BCUT2D eigenvalue weighted by atomic mass is 28.4. The monoisotopic (exact) mass is 574 g/mol. The van der Waals surface area contributed by atoms with Crippen molar-refractivity contribution in [2.24, 2.45) is 5.92 Å². The van der Waals surface area contributed by atoms with Gasteiger partial charge in [-0.1, -0.05) is 58.8 Å². The van der Waals surface area contributed by atoms with Crippen LogP contribution in [0.15, 0.2) is 0 Å². The van der Waals surface area contributed by atoms with Gasteiger partial charge in [-0.05, 0) is 44.9 Å². The van der Waals surface area contributed by atoms with Gasteiger partial charge >= 0.3 is 0 Å². The van der Waals surface area contributed by atoms with Crippen molar-refractivity contribution in [3.05, 3.63) is 0 Å². The Hall–Kier alpha value is 0.628. The van der Waals surface area contributed by atoms with E-state index in [1.807, 2.05) is 14.2 Å². The molecule has 36 heavy (non-hydrogen) atoms. The summed E-state index contributed by atoms with van der Waals surface area (Å²) in [6.07, 6.45) is 10.6. The highest BCUT2D eigenvalue weighted by Crippen LogP contribution is 2.28. The van der Waals surface area contributed by atoms with E-state index in [9.17, 15) is 0 Å². The van der Waals surface area contributed by atoms with Crippen LogP contribution in [0.2, 0.25) is 52.4 Å². The zero-order chi connectivity index (χ0) is 27.1. The molecule has 0 aromatic rings. The minimum atomic E-state index is -1.68. The lowest BCUT2D eigenvalue weighted by molar-refractivity contribution is -0.0269. The Morgan fingerprint density at radius 1 is 0.778 bits per heavy atom. The Morgan fingerprint density at radius 2 is 1.28 bits per heavy atom. The van der Waals surface area contributed by atoms with Crippen molar-refractivity contribution in [3.63, 3.8) is 0 Å². The van der Waals surface area contributed by atoms with Crippen LogP contribution < -0.4 is 0 Å². The summed E-state index contributed by atoms with van der Waals surface area (Å²) >= 11 is 0. The van der Waals surface area contributed by atoms with Crippen LogP contribution in [0.25, 0.3) is 0 Å². The van der Waals surface area contributed by atoms with E-state index in [2.05, 4.69) is 69.1 Å². The molecule has 212 valence electrons. The molecule has 2 heterocycles. The van der Waals surface area contributed by atoms with Crippen LogP contribution in [-0.2, 0) is 18.3 Å². The minimum absolute atomic E-state index is 0.299. The van der Waals surface area contributed by atoms with Crippen molar-refractivity contribution in [1.82, 2.24) is 9.80 Å². The number of hydrogen-bond donors (Lipinski definition) is 0. The van der Waals surface area contributed by atoms with Crippen molar-refractivity contribution in [3.8, 4) is 0 Å². The molecule has 0 aromatic heterocycles. The molecule has 10 heteroatoms. The van der Waals surface area contributed by atoms with Gasteiger partial charge < -0.3 is 18.3 Å². The molecule has 5 atom stereocenters. The van der Waals surface area contributed by atoms with Crippen LogP contribution in [0.4, 0.5) is 0 Å². The number of hydrogen-bond acceptors (Lipinski definition) is 6. The Balaban J connectivity index is 1.75. The molecule has 0 N–H and O–H groups in total. The largest absolute Gasteiger partial charge is 0.412 e. The summed E-state index contributed by atoms with van der Waals surface area (Å²) in [6.45, 7) is 23.4. The number of ether oxygens (including phenoxy) is 2. The van der Waals surface area contributed by atoms with Gasteiger partial charge in [-0.3, -0.25) is 9.80 Å². The standard InChI is InChI=1S/C26H58N2O4Si4/c1-22(24-19-28(21-36(10,11)32-24)26(30-3)34(6)7)16-14-12-13-15-17-23-18-27(20-35(8,9)31-23)25(29-2)33(4)5/h22-26H,12-21H2,1-11H3. The Labute approximate surface area is 229 Å². The zero-order valence-electron chi connectivity index (χ0n) is 25.5. The SMILES string of the molecule is COC(N1CC(CCCCCCC(C)C2CN(C(OC)[Si](C)C)C[Si](C)(C)O2)O[Si](C)(C)C1)[Si](C)C. The predicted octanol–water partition coefficient (Wildman–Crippen LogP) is 5.39. The average Bonchev–Trinajstić information content (AvgIpc) is 2.74. The number of unbranched alkanes of at least 4 members (excludes halogenated alkanes) is 3. The summed E-state index contributed by atoms with van der Waals surface area (Å²) in [4.78, 5) is 5.21. The topological polar surface area (TPSA) is 43.4 Å². The minimum Gasteiger partial charge on any atom is -0.412 e. The van der Waals surface area contributed by atoms with Gasteiger partial charge in [0, 0.05) is 39.6 Å². The average molecular weight is 575 g/mol. The molecule has 0 bridgehead atoms. The lowest BCUT2D eigenvalue weighted by atomic mass is 9.96. The second-order valence-electron chi connectivity index (χ2n) is 13.1. The third-order valence-corrected chi connectivity index (χ3v) is 15.1. The molecular formula is C26H58N2O4Si4. The van der Waals surface area contributed by atoms with Gasteiger partial charge in [0.25, 0.3) is 0 Å². The lowest BCUT2D eigenvalue weighted by Crippen LogP contribution is -2.62. The lowest BCUT2D eigenvalue weighted by Gasteiger charge is -2.47. The van der Waals surface area contributed by atoms with Gasteiger partial charge in [-0.25, -0.2) is 0 Å². The van der Waals surface area contributed by atoms with Crippen molar-refractivity contribution in [2.75, 3.05) is 39.6 Å². The van der Waals surface area contributed by atoms with Crippen molar-refractivity contribution >= 4 is 34.2 Å². The molecule has 5 unspecified atom stereocenters. The maximum absolute atomic E-state index is 6.70. The number of methoxy groups -OCH3 is 2. The van der Waals surface area contributed by atoms with E-state index < -0.39 is 34.2 Å². The predicted molar refractivity (Wildman–Crippen MR) is 161 cm³/mol. The zero-order valence-corrected chi connectivity index (χ0v) is 29.5. The molecule has 2 saturated heterocycles. The first-order valence-corrected chi connectivity index (χ1v) is 25.7. The van der Waals surface area contributed by atoms with E-state index in [1.165, 1.54) is 38.5 Å². The van der Waals surface area contributed by atoms with Gasteiger partial charge in [-0.2, -0.15) is 0 Å². The Kier molecular flexibility index (Phi) is 13.5. The maximum Gasteiger partial charge on any atom is 0.201 e. The van der Waals surface area contributed by atoms with Crippen LogP contribution in [0, 0.1) is 5.92 Å². The van der Waals surface area contributed by atoms with E-state index in [0.717, 1.165) is 25.4 Å². The van der Waals surface area contributed by atoms with E-state index in [4.69, 9.17) is 18.3 Å². The first kappa shape index (κ1) is 32.8.